The van der Waals surface area contributed by atoms with Gasteiger partial charge in [-0.3, -0.25) is 4.79 Å². The number of rotatable bonds is 3. The summed E-state index contributed by atoms with van der Waals surface area (Å²) in [7, 11) is 0. The highest BCUT2D eigenvalue weighted by Gasteiger charge is 2.13. The molecule has 11 heavy (non-hydrogen) atoms. The Labute approximate surface area is 67.8 Å². The third-order valence-electron chi connectivity index (χ3n) is 1.75. The molecule has 0 rings (SSSR count). The van der Waals surface area contributed by atoms with Crippen LogP contribution in [0.25, 0.3) is 0 Å². The van der Waals surface area contributed by atoms with Crippen molar-refractivity contribution in [1.29, 1.82) is 0 Å². The Morgan fingerprint density at radius 3 is 2.00 bits per heavy atom. The summed E-state index contributed by atoms with van der Waals surface area (Å²) in [5, 5.41) is 11.5. The summed E-state index contributed by atoms with van der Waals surface area (Å²) in [5.74, 6) is 0.101. The molecular weight excluding hydrogens is 142 g/mol. The van der Waals surface area contributed by atoms with Crippen molar-refractivity contribution in [3.05, 3.63) is 0 Å². The smallest absolute Gasteiger partial charge is 0.248 e. The molecule has 0 saturated heterocycles. The molecule has 2 N–H and O–H groups in total. The summed E-state index contributed by atoms with van der Waals surface area (Å²) in [6, 6.07) is 0.122. The van der Waals surface area contributed by atoms with Crippen LogP contribution < -0.4 is 5.32 Å². The van der Waals surface area contributed by atoms with Crippen molar-refractivity contribution in [3.63, 3.8) is 0 Å². The summed E-state index contributed by atoms with van der Waals surface area (Å²) in [5.41, 5.74) is 0. The summed E-state index contributed by atoms with van der Waals surface area (Å²) in [6.45, 7) is 7.42. The normalized spacial score (nSPS) is 16.2. The van der Waals surface area contributed by atoms with Crippen molar-refractivity contribution in [2.24, 2.45) is 5.92 Å². The summed E-state index contributed by atoms with van der Waals surface area (Å²) in [4.78, 5) is 10.9. The van der Waals surface area contributed by atoms with Crippen LogP contribution in [0.4, 0.5) is 0 Å². The number of aliphatic hydroxyl groups excluding tert-OH is 1. The van der Waals surface area contributed by atoms with E-state index in [1.54, 1.807) is 0 Å². The molecule has 0 aromatic rings. The molecule has 2 atom stereocenters. The highest BCUT2D eigenvalue weighted by atomic mass is 16.3. The van der Waals surface area contributed by atoms with Crippen LogP contribution in [0.2, 0.25) is 0 Å². The van der Waals surface area contributed by atoms with E-state index < -0.39 is 6.10 Å². The molecule has 0 unspecified atom stereocenters. The predicted octanol–water partition coefficient (Wildman–Crippen LogP) is 0.528. The van der Waals surface area contributed by atoms with Crippen LogP contribution in [0.1, 0.15) is 27.7 Å². The maximum atomic E-state index is 10.9. The van der Waals surface area contributed by atoms with Crippen molar-refractivity contribution in [3.8, 4) is 0 Å². The molecule has 0 aliphatic rings. The fourth-order valence-electron chi connectivity index (χ4n) is 0.512. The molecular formula is C8H17NO2. The summed E-state index contributed by atoms with van der Waals surface area (Å²) < 4.78 is 0. The average Bonchev–Trinajstić information content (AvgIpc) is 1.87. The number of nitrogens with one attached hydrogen (secondary N) is 1. The Morgan fingerprint density at radius 2 is 1.73 bits per heavy atom. The molecule has 3 nitrogen and oxygen atoms in total. The fraction of sp³-hybridized carbons (Fsp3) is 0.875. The van der Waals surface area contributed by atoms with Crippen LogP contribution in [-0.4, -0.2) is 23.2 Å². The van der Waals surface area contributed by atoms with E-state index in [4.69, 9.17) is 5.11 Å². The average molecular weight is 159 g/mol. The lowest BCUT2D eigenvalue weighted by atomic mass is 10.1. The second-order valence-corrected chi connectivity index (χ2v) is 3.22. The molecule has 0 saturated carbocycles. The highest BCUT2D eigenvalue weighted by Crippen LogP contribution is 1.99. The monoisotopic (exact) mass is 159 g/mol. The first-order valence-electron chi connectivity index (χ1n) is 3.93. The molecule has 0 spiro atoms. The Kier molecular flexibility index (Phi) is 4.11. The van der Waals surface area contributed by atoms with Crippen LogP contribution in [-0.2, 0) is 4.79 Å². The number of hydrogen-bond donors (Lipinski definition) is 2. The topological polar surface area (TPSA) is 49.3 Å². The van der Waals surface area contributed by atoms with Crippen LogP contribution in [0.5, 0.6) is 0 Å². The van der Waals surface area contributed by atoms with Gasteiger partial charge in [-0.25, -0.2) is 0 Å². The number of aliphatic hydroxyl groups is 1. The van der Waals surface area contributed by atoms with E-state index in [1.165, 1.54) is 6.92 Å². The van der Waals surface area contributed by atoms with Crippen molar-refractivity contribution >= 4 is 5.91 Å². The predicted molar refractivity (Wildman–Crippen MR) is 44.1 cm³/mol. The van der Waals surface area contributed by atoms with Gasteiger partial charge in [0.05, 0.1) is 0 Å². The Morgan fingerprint density at radius 1 is 1.27 bits per heavy atom. The molecule has 0 aliphatic carbocycles. The minimum atomic E-state index is -0.906. The SMILES string of the molecule is CC(C)[C@H](C)NC(=O)[C@H](C)O. The fourth-order valence-corrected chi connectivity index (χ4v) is 0.512. The second kappa shape index (κ2) is 4.34. The first-order chi connectivity index (χ1) is 4.95. The standard InChI is InChI=1S/C8H17NO2/c1-5(2)6(3)9-8(11)7(4)10/h5-7,10H,1-4H3,(H,9,11)/t6-,7-/m0/s1. The molecule has 0 aromatic carbocycles. The zero-order chi connectivity index (χ0) is 9.02. The van der Waals surface area contributed by atoms with E-state index in [0.29, 0.717) is 5.92 Å². The van der Waals surface area contributed by atoms with Gasteiger partial charge in [-0.1, -0.05) is 13.8 Å². The van der Waals surface area contributed by atoms with Gasteiger partial charge in [0, 0.05) is 6.04 Å². The summed E-state index contributed by atoms with van der Waals surface area (Å²) >= 11 is 0. The molecule has 0 aliphatic heterocycles. The Balaban J connectivity index is 3.76. The molecule has 1 amide bonds. The van der Waals surface area contributed by atoms with E-state index >= 15 is 0 Å². The van der Waals surface area contributed by atoms with E-state index in [2.05, 4.69) is 5.32 Å². The first-order valence-corrected chi connectivity index (χ1v) is 3.93. The number of amides is 1. The molecule has 3 heteroatoms. The molecule has 0 bridgehead atoms. The molecule has 0 radical (unpaired) electrons. The third-order valence-corrected chi connectivity index (χ3v) is 1.75. The number of hydrogen-bond acceptors (Lipinski definition) is 2. The van der Waals surface area contributed by atoms with Crippen LogP contribution in [0.3, 0.4) is 0 Å². The number of carbonyl (C=O) groups excluding carboxylic acids is 1. The zero-order valence-electron chi connectivity index (χ0n) is 7.59. The zero-order valence-corrected chi connectivity index (χ0v) is 7.59. The Hall–Kier alpha value is -0.570. The van der Waals surface area contributed by atoms with Crippen molar-refractivity contribution in [1.82, 2.24) is 5.32 Å². The molecule has 0 fully saturated rings. The summed E-state index contributed by atoms with van der Waals surface area (Å²) in [6.07, 6.45) is -0.906. The van der Waals surface area contributed by atoms with Gasteiger partial charge < -0.3 is 10.4 Å². The van der Waals surface area contributed by atoms with E-state index in [1.807, 2.05) is 20.8 Å². The van der Waals surface area contributed by atoms with Crippen molar-refractivity contribution < 1.29 is 9.90 Å². The molecule has 0 aromatic heterocycles. The first kappa shape index (κ1) is 10.4. The molecule has 66 valence electrons. The van der Waals surface area contributed by atoms with Gasteiger partial charge in [-0.05, 0) is 19.8 Å². The third kappa shape index (κ3) is 3.98. The van der Waals surface area contributed by atoms with Gasteiger partial charge in [-0.15, -0.1) is 0 Å². The van der Waals surface area contributed by atoms with E-state index in [0.717, 1.165) is 0 Å². The van der Waals surface area contributed by atoms with Gasteiger partial charge in [-0.2, -0.15) is 0 Å². The van der Waals surface area contributed by atoms with E-state index in [9.17, 15) is 4.79 Å². The second-order valence-electron chi connectivity index (χ2n) is 3.22. The number of carbonyl (C=O) groups is 1. The van der Waals surface area contributed by atoms with Crippen LogP contribution in [0.15, 0.2) is 0 Å². The maximum Gasteiger partial charge on any atom is 0.248 e. The minimum Gasteiger partial charge on any atom is -0.384 e. The Bertz CT molecular complexity index is 132. The lowest BCUT2D eigenvalue weighted by Crippen LogP contribution is -2.41. The lowest BCUT2D eigenvalue weighted by molar-refractivity contribution is -0.129. The van der Waals surface area contributed by atoms with Crippen LogP contribution >= 0.6 is 0 Å². The van der Waals surface area contributed by atoms with E-state index in [-0.39, 0.29) is 11.9 Å². The minimum absolute atomic E-state index is 0.122. The van der Waals surface area contributed by atoms with Gasteiger partial charge >= 0.3 is 0 Å². The van der Waals surface area contributed by atoms with Gasteiger partial charge in [0.1, 0.15) is 6.10 Å². The lowest BCUT2D eigenvalue weighted by Gasteiger charge is -2.18. The maximum absolute atomic E-state index is 10.9. The van der Waals surface area contributed by atoms with Crippen molar-refractivity contribution in [2.45, 2.75) is 39.8 Å². The quantitative estimate of drug-likeness (QED) is 0.631. The van der Waals surface area contributed by atoms with Gasteiger partial charge in [0.25, 0.3) is 0 Å². The largest absolute Gasteiger partial charge is 0.384 e. The van der Waals surface area contributed by atoms with Crippen molar-refractivity contribution in [2.75, 3.05) is 0 Å². The van der Waals surface area contributed by atoms with Gasteiger partial charge in [0.15, 0.2) is 0 Å². The van der Waals surface area contributed by atoms with Gasteiger partial charge in [0.2, 0.25) is 5.91 Å². The molecule has 0 heterocycles. The highest BCUT2D eigenvalue weighted by molar-refractivity contribution is 5.80. The van der Waals surface area contributed by atoms with Crippen LogP contribution in [0, 0.1) is 5.92 Å².